The predicted molar refractivity (Wildman–Crippen MR) is 52.5 cm³/mol. The molecule has 1 N–H and O–H groups in total. The van der Waals surface area contributed by atoms with E-state index in [1.807, 2.05) is 0 Å². The molecule has 0 bridgehead atoms. The number of aliphatic carboxylic acids is 1. The van der Waals surface area contributed by atoms with Crippen molar-refractivity contribution in [1.82, 2.24) is 0 Å². The molecule has 4 nitrogen and oxygen atoms in total. The molecule has 0 heterocycles. The van der Waals surface area contributed by atoms with Crippen LogP contribution >= 0.6 is 0 Å². The first-order chi connectivity index (χ1) is 7.86. The summed E-state index contributed by atoms with van der Waals surface area (Å²) in [5.41, 5.74) is 0. The molecule has 7 heteroatoms. The van der Waals surface area contributed by atoms with E-state index in [9.17, 15) is 22.8 Å². The van der Waals surface area contributed by atoms with Gasteiger partial charge in [-0.3, -0.25) is 9.59 Å². The quantitative estimate of drug-likeness (QED) is 0.675. The van der Waals surface area contributed by atoms with Gasteiger partial charge in [0.05, 0.1) is 6.61 Å². The molecule has 0 aromatic carbocycles. The number of carboxylic acids is 1. The summed E-state index contributed by atoms with van der Waals surface area (Å²) in [7, 11) is 0. The standard InChI is InChI=1S/C10H15F3O4/c1-2-17-9(16)5-6(4-8(14)15)3-7(11)10(12)13/h6-7,10H,2-5H2,1H3,(H,14,15). The molecule has 0 rings (SSSR count). The summed E-state index contributed by atoms with van der Waals surface area (Å²) in [6.07, 6.45) is -7.16. The van der Waals surface area contributed by atoms with Crippen LogP contribution in [0.15, 0.2) is 0 Å². The average molecular weight is 256 g/mol. The Kier molecular flexibility index (Phi) is 7.32. The zero-order valence-corrected chi connectivity index (χ0v) is 9.37. The average Bonchev–Trinajstić information content (AvgIpc) is 2.16. The highest BCUT2D eigenvalue weighted by Gasteiger charge is 2.27. The number of alkyl halides is 3. The topological polar surface area (TPSA) is 63.6 Å². The van der Waals surface area contributed by atoms with E-state index in [0.717, 1.165) is 0 Å². The lowest BCUT2D eigenvalue weighted by molar-refractivity contribution is -0.145. The number of halogens is 3. The van der Waals surface area contributed by atoms with Crippen LogP contribution in [0.4, 0.5) is 13.2 Å². The van der Waals surface area contributed by atoms with Gasteiger partial charge in [-0.15, -0.1) is 0 Å². The van der Waals surface area contributed by atoms with Crippen molar-refractivity contribution in [1.29, 1.82) is 0 Å². The zero-order valence-electron chi connectivity index (χ0n) is 9.37. The lowest BCUT2D eigenvalue weighted by Gasteiger charge is -2.16. The van der Waals surface area contributed by atoms with E-state index in [1.54, 1.807) is 6.92 Å². The molecule has 0 fully saturated rings. The van der Waals surface area contributed by atoms with Gasteiger partial charge in [0.25, 0.3) is 6.43 Å². The monoisotopic (exact) mass is 256 g/mol. The molecule has 17 heavy (non-hydrogen) atoms. The largest absolute Gasteiger partial charge is 0.481 e. The van der Waals surface area contributed by atoms with Crippen LogP contribution in [-0.4, -0.2) is 36.2 Å². The molecular formula is C10H15F3O4. The van der Waals surface area contributed by atoms with Crippen molar-refractivity contribution in [3.8, 4) is 0 Å². The van der Waals surface area contributed by atoms with Crippen molar-refractivity contribution < 1.29 is 32.6 Å². The molecule has 0 aromatic heterocycles. The van der Waals surface area contributed by atoms with Crippen molar-refractivity contribution in [2.75, 3.05) is 6.61 Å². The first-order valence-corrected chi connectivity index (χ1v) is 5.16. The van der Waals surface area contributed by atoms with Crippen LogP contribution in [0, 0.1) is 5.92 Å². The van der Waals surface area contributed by atoms with Crippen molar-refractivity contribution >= 4 is 11.9 Å². The molecule has 0 saturated carbocycles. The summed E-state index contributed by atoms with van der Waals surface area (Å²) in [6, 6.07) is 0. The molecule has 0 aliphatic carbocycles. The molecule has 100 valence electrons. The number of rotatable bonds is 8. The predicted octanol–water partition coefficient (Wildman–Crippen LogP) is 2.02. The minimum atomic E-state index is -3.17. The van der Waals surface area contributed by atoms with Crippen molar-refractivity contribution in [3.63, 3.8) is 0 Å². The van der Waals surface area contributed by atoms with Gasteiger partial charge >= 0.3 is 11.9 Å². The summed E-state index contributed by atoms with van der Waals surface area (Å²) >= 11 is 0. The van der Waals surface area contributed by atoms with Crippen LogP contribution in [0.2, 0.25) is 0 Å². The van der Waals surface area contributed by atoms with E-state index < -0.39 is 43.3 Å². The van der Waals surface area contributed by atoms with Crippen LogP contribution < -0.4 is 0 Å². The Morgan fingerprint density at radius 2 is 1.82 bits per heavy atom. The molecule has 0 radical (unpaired) electrons. The van der Waals surface area contributed by atoms with Crippen molar-refractivity contribution in [2.24, 2.45) is 5.92 Å². The maximum absolute atomic E-state index is 12.8. The fourth-order valence-electron chi connectivity index (χ4n) is 1.36. The van der Waals surface area contributed by atoms with E-state index in [0.29, 0.717) is 0 Å². The van der Waals surface area contributed by atoms with Crippen LogP contribution in [0.25, 0.3) is 0 Å². The lowest BCUT2D eigenvalue weighted by Crippen LogP contribution is -2.22. The van der Waals surface area contributed by atoms with Gasteiger partial charge in [0.2, 0.25) is 0 Å². The van der Waals surface area contributed by atoms with Crippen molar-refractivity contribution in [3.05, 3.63) is 0 Å². The van der Waals surface area contributed by atoms with Crippen LogP contribution in [0.5, 0.6) is 0 Å². The number of ether oxygens (including phenoxy) is 1. The third-order valence-electron chi connectivity index (χ3n) is 2.06. The van der Waals surface area contributed by atoms with Crippen LogP contribution in [0.3, 0.4) is 0 Å². The Morgan fingerprint density at radius 1 is 1.24 bits per heavy atom. The minimum absolute atomic E-state index is 0.104. The third-order valence-corrected chi connectivity index (χ3v) is 2.06. The Labute approximate surface area is 96.8 Å². The number of hydrogen-bond acceptors (Lipinski definition) is 3. The number of hydrogen-bond donors (Lipinski definition) is 1. The minimum Gasteiger partial charge on any atom is -0.481 e. The summed E-state index contributed by atoms with van der Waals surface area (Å²) in [4.78, 5) is 21.5. The fourth-order valence-corrected chi connectivity index (χ4v) is 1.36. The number of carbonyl (C=O) groups is 2. The number of carboxylic acid groups (broad SMARTS) is 1. The summed E-state index contributed by atoms with van der Waals surface area (Å²) < 4.78 is 41.3. The molecular weight excluding hydrogens is 241 g/mol. The van der Waals surface area contributed by atoms with Gasteiger partial charge in [-0.1, -0.05) is 0 Å². The smallest absolute Gasteiger partial charge is 0.306 e. The highest BCUT2D eigenvalue weighted by Crippen LogP contribution is 2.22. The maximum Gasteiger partial charge on any atom is 0.306 e. The molecule has 2 unspecified atom stereocenters. The Hall–Kier alpha value is -1.27. The first kappa shape index (κ1) is 15.7. The van der Waals surface area contributed by atoms with Gasteiger partial charge in [-0.25, -0.2) is 13.2 Å². The van der Waals surface area contributed by atoms with Crippen molar-refractivity contribution in [2.45, 2.75) is 38.8 Å². The van der Waals surface area contributed by atoms with Gasteiger partial charge in [0, 0.05) is 12.8 Å². The summed E-state index contributed by atoms with van der Waals surface area (Å²) in [6.45, 7) is 1.66. The zero-order chi connectivity index (χ0) is 13.4. The van der Waals surface area contributed by atoms with E-state index in [2.05, 4.69) is 4.74 Å². The molecule has 2 atom stereocenters. The first-order valence-electron chi connectivity index (χ1n) is 5.16. The molecule has 0 saturated heterocycles. The Morgan fingerprint density at radius 3 is 2.24 bits per heavy atom. The fraction of sp³-hybridized carbons (Fsp3) is 0.800. The van der Waals surface area contributed by atoms with Gasteiger partial charge in [0.1, 0.15) is 0 Å². The number of carbonyl (C=O) groups excluding carboxylic acids is 1. The highest BCUT2D eigenvalue weighted by molar-refractivity contribution is 5.72. The highest BCUT2D eigenvalue weighted by atomic mass is 19.3. The molecule has 0 spiro atoms. The Bertz CT molecular complexity index is 258. The molecule has 0 aliphatic rings. The Balaban J connectivity index is 4.32. The number of esters is 1. The summed E-state index contributed by atoms with van der Waals surface area (Å²) in [5, 5.41) is 8.52. The van der Waals surface area contributed by atoms with Gasteiger partial charge < -0.3 is 9.84 Å². The van der Waals surface area contributed by atoms with Crippen LogP contribution in [0.1, 0.15) is 26.2 Å². The molecule has 0 aliphatic heterocycles. The second kappa shape index (κ2) is 7.92. The third kappa shape index (κ3) is 7.59. The van der Waals surface area contributed by atoms with Crippen LogP contribution in [-0.2, 0) is 14.3 Å². The molecule has 0 aromatic rings. The maximum atomic E-state index is 12.8. The van der Waals surface area contributed by atoms with Gasteiger partial charge in [0.15, 0.2) is 6.17 Å². The second-order valence-corrected chi connectivity index (χ2v) is 3.56. The molecule has 0 amide bonds. The lowest BCUT2D eigenvalue weighted by atomic mass is 9.95. The van der Waals surface area contributed by atoms with E-state index >= 15 is 0 Å². The van der Waals surface area contributed by atoms with E-state index in [1.165, 1.54) is 0 Å². The summed E-state index contributed by atoms with van der Waals surface area (Å²) in [5.74, 6) is -2.95. The second-order valence-electron chi connectivity index (χ2n) is 3.56. The van der Waals surface area contributed by atoms with Gasteiger partial charge in [-0.2, -0.15) is 0 Å². The van der Waals surface area contributed by atoms with Gasteiger partial charge in [-0.05, 0) is 19.3 Å². The van der Waals surface area contributed by atoms with E-state index in [4.69, 9.17) is 5.11 Å². The van der Waals surface area contributed by atoms with E-state index in [-0.39, 0.29) is 13.0 Å². The normalized spacial score (nSPS) is 14.4. The SMILES string of the molecule is CCOC(=O)CC(CC(=O)O)CC(F)C(F)F.